The van der Waals surface area contributed by atoms with Gasteiger partial charge in [0, 0.05) is 55.3 Å². The Kier molecular flexibility index (Phi) is 6.52. The van der Waals surface area contributed by atoms with E-state index in [1.54, 1.807) is 0 Å². The molecular formula is C49H30N4. The van der Waals surface area contributed by atoms with Crippen LogP contribution in [0.25, 0.3) is 105 Å². The molecule has 11 aromatic rings. The van der Waals surface area contributed by atoms with Gasteiger partial charge in [0.15, 0.2) is 0 Å². The van der Waals surface area contributed by atoms with Crippen molar-refractivity contribution in [1.82, 2.24) is 19.5 Å². The molecule has 0 fully saturated rings. The van der Waals surface area contributed by atoms with Gasteiger partial charge in [-0.1, -0.05) is 140 Å². The summed E-state index contributed by atoms with van der Waals surface area (Å²) < 4.78 is 2.40. The zero-order valence-corrected chi connectivity index (χ0v) is 28.6. The molecule has 246 valence electrons. The number of hydrogen-bond acceptors (Lipinski definition) is 3. The number of nitrogens with zero attached hydrogens (tertiary/aromatic N) is 4. The van der Waals surface area contributed by atoms with Crippen LogP contribution in [0, 0.1) is 0 Å². The number of aromatic nitrogens is 4. The first-order valence-electron chi connectivity index (χ1n) is 17.9. The van der Waals surface area contributed by atoms with E-state index >= 15 is 0 Å². The van der Waals surface area contributed by atoms with E-state index in [2.05, 4.69) is 179 Å². The fraction of sp³-hybridized carbons (Fsp3) is 0. The number of pyridine rings is 3. The van der Waals surface area contributed by atoms with Gasteiger partial charge in [0.25, 0.3) is 0 Å². The van der Waals surface area contributed by atoms with Crippen molar-refractivity contribution in [3.63, 3.8) is 0 Å². The summed E-state index contributed by atoms with van der Waals surface area (Å²) in [5, 5.41) is 8.05. The van der Waals surface area contributed by atoms with E-state index in [0.717, 1.165) is 88.5 Å². The lowest BCUT2D eigenvalue weighted by Gasteiger charge is -2.13. The Balaban J connectivity index is 1.15. The lowest BCUT2D eigenvalue weighted by molar-refractivity contribution is 1.18. The van der Waals surface area contributed by atoms with Crippen LogP contribution in [0.3, 0.4) is 0 Å². The van der Waals surface area contributed by atoms with E-state index in [0.29, 0.717) is 0 Å². The average Bonchev–Trinajstić information content (AvgIpc) is 3.58. The van der Waals surface area contributed by atoms with Crippen molar-refractivity contribution in [3.8, 4) is 39.3 Å². The summed E-state index contributed by atoms with van der Waals surface area (Å²) in [5.41, 5.74) is 12.6. The fourth-order valence-electron chi connectivity index (χ4n) is 8.10. The van der Waals surface area contributed by atoms with Gasteiger partial charge in [0.1, 0.15) is 0 Å². The molecule has 0 unspecified atom stereocenters. The number of rotatable bonds is 4. The van der Waals surface area contributed by atoms with Gasteiger partial charge < -0.3 is 4.57 Å². The Labute approximate surface area is 305 Å². The van der Waals surface area contributed by atoms with Gasteiger partial charge in [-0.25, -0.2) is 9.97 Å². The van der Waals surface area contributed by atoms with Crippen LogP contribution in [0.4, 0.5) is 0 Å². The predicted molar refractivity (Wildman–Crippen MR) is 220 cm³/mol. The number of fused-ring (bicyclic) bond motifs is 10. The third-order valence-corrected chi connectivity index (χ3v) is 10.6. The zero-order valence-electron chi connectivity index (χ0n) is 28.6. The second-order valence-electron chi connectivity index (χ2n) is 13.6. The van der Waals surface area contributed by atoms with Crippen LogP contribution in [0.2, 0.25) is 0 Å². The summed E-state index contributed by atoms with van der Waals surface area (Å²) in [7, 11) is 0. The minimum absolute atomic E-state index is 0.920. The highest BCUT2D eigenvalue weighted by Crippen LogP contribution is 2.41. The van der Waals surface area contributed by atoms with Crippen molar-refractivity contribution >= 4 is 65.3 Å². The van der Waals surface area contributed by atoms with Crippen LogP contribution in [0.15, 0.2) is 182 Å². The Morgan fingerprint density at radius 3 is 1.92 bits per heavy atom. The molecule has 0 saturated carbocycles. The van der Waals surface area contributed by atoms with Gasteiger partial charge >= 0.3 is 0 Å². The first-order valence-corrected chi connectivity index (χ1v) is 17.9. The van der Waals surface area contributed by atoms with Crippen LogP contribution in [-0.2, 0) is 0 Å². The van der Waals surface area contributed by atoms with Crippen molar-refractivity contribution in [2.45, 2.75) is 0 Å². The Morgan fingerprint density at radius 1 is 0.377 bits per heavy atom. The zero-order chi connectivity index (χ0) is 34.9. The highest BCUT2D eigenvalue weighted by atomic mass is 15.0. The van der Waals surface area contributed by atoms with Gasteiger partial charge in [-0.15, -0.1) is 0 Å². The lowest BCUT2D eigenvalue weighted by atomic mass is 9.98. The highest BCUT2D eigenvalue weighted by molar-refractivity contribution is 6.23. The molecule has 0 atom stereocenters. The van der Waals surface area contributed by atoms with Crippen molar-refractivity contribution in [3.05, 3.63) is 182 Å². The second-order valence-corrected chi connectivity index (χ2v) is 13.6. The molecule has 53 heavy (non-hydrogen) atoms. The quantitative estimate of drug-likeness (QED) is 0.175. The number of hydrogen-bond donors (Lipinski definition) is 0. The summed E-state index contributed by atoms with van der Waals surface area (Å²) >= 11 is 0. The Hall–Kier alpha value is -7.17. The minimum Gasteiger partial charge on any atom is -0.307 e. The fourth-order valence-corrected chi connectivity index (χ4v) is 8.10. The van der Waals surface area contributed by atoms with E-state index < -0.39 is 0 Å². The van der Waals surface area contributed by atoms with Crippen molar-refractivity contribution < 1.29 is 0 Å². The second kappa shape index (κ2) is 11.7. The summed E-state index contributed by atoms with van der Waals surface area (Å²) in [6, 6.07) is 62.5. The van der Waals surface area contributed by atoms with Crippen LogP contribution < -0.4 is 0 Å². The van der Waals surface area contributed by atoms with E-state index in [4.69, 9.17) is 9.97 Å². The molecule has 0 N–H and O–H groups in total. The topological polar surface area (TPSA) is 43.6 Å². The normalized spacial score (nSPS) is 11.8. The van der Waals surface area contributed by atoms with Crippen LogP contribution in [0.1, 0.15) is 0 Å². The third-order valence-electron chi connectivity index (χ3n) is 10.6. The molecule has 11 rings (SSSR count). The van der Waals surface area contributed by atoms with E-state index in [9.17, 15) is 0 Å². The van der Waals surface area contributed by atoms with Gasteiger partial charge in [-0.2, -0.15) is 0 Å². The van der Waals surface area contributed by atoms with Crippen LogP contribution in [-0.4, -0.2) is 19.5 Å². The Bertz CT molecular complexity index is 3220. The maximum absolute atomic E-state index is 5.52. The predicted octanol–water partition coefficient (Wildman–Crippen LogP) is 12.6. The summed E-state index contributed by atoms with van der Waals surface area (Å²) in [6.07, 6.45) is 1.84. The highest BCUT2D eigenvalue weighted by Gasteiger charge is 2.20. The van der Waals surface area contributed by atoms with Crippen LogP contribution >= 0.6 is 0 Å². The van der Waals surface area contributed by atoms with Gasteiger partial charge in [-0.05, 0) is 52.9 Å². The van der Waals surface area contributed by atoms with E-state index in [1.165, 1.54) is 16.2 Å². The minimum atomic E-state index is 0.920. The lowest BCUT2D eigenvalue weighted by Crippen LogP contribution is -1.97. The molecule has 0 aliphatic heterocycles. The van der Waals surface area contributed by atoms with E-state index in [1.807, 2.05) is 12.3 Å². The number of para-hydroxylation sites is 1. The van der Waals surface area contributed by atoms with Gasteiger partial charge in [0.05, 0.1) is 39.0 Å². The van der Waals surface area contributed by atoms with E-state index in [-0.39, 0.29) is 0 Å². The molecular weight excluding hydrogens is 645 g/mol. The molecule has 4 aromatic heterocycles. The largest absolute Gasteiger partial charge is 0.307 e. The maximum atomic E-state index is 5.52. The molecule has 4 nitrogen and oxygen atoms in total. The summed E-state index contributed by atoms with van der Waals surface area (Å²) in [4.78, 5) is 15.3. The molecule has 7 aromatic carbocycles. The molecule has 0 radical (unpaired) electrons. The monoisotopic (exact) mass is 674 g/mol. The Morgan fingerprint density at radius 2 is 1.06 bits per heavy atom. The molecule has 0 spiro atoms. The SMILES string of the molecule is c1ccc(-c2nc3c(ccc4c5ccc(-c6cccc(-c7ccc8ccc9cccnc9c8n7)c6)cc5n(-c5ccccc5)c43)c3ccccc23)cc1. The molecule has 0 aliphatic rings. The molecule has 4 heteroatoms. The first-order chi connectivity index (χ1) is 26.3. The molecule has 0 amide bonds. The van der Waals surface area contributed by atoms with Crippen molar-refractivity contribution in [1.29, 1.82) is 0 Å². The average molecular weight is 675 g/mol. The maximum Gasteiger partial charge on any atom is 0.0972 e. The molecule has 0 aliphatic carbocycles. The van der Waals surface area contributed by atoms with Gasteiger partial charge in [0.2, 0.25) is 0 Å². The standard InChI is InChI=1S/C49H30N4/c1-3-11-31(12-4-1)45-40-19-8-7-18-38(40)41-25-26-42-39-24-22-35(30-44(39)53(49(42)48(41)52-45)37-16-5-2-6-17-37)34-13-9-14-36(29-34)43-27-23-33-21-20-32-15-10-28-50-46(32)47(33)51-43/h1-30H. The number of benzene rings is 7. The smallest absolute Gasteiger partial charge is 0.0972 e. The van der Waals surface area contributed by atoms with Crippen molar-refractivity contribution in [2.75, 3.05) is 0 Å². The molecule has 4 heterocycles. The summed E-state index contributed by atoms with van der Waals surface area (Å²) in [5.74, 6) is 0. The van der Waals surface area contributed by atoms with Crippen molar-refractivity contribution in [2.24, 2.45) is 0 Å². The third kappa shape index (κ3) is 4.66. The summed E-state index contributed by atoms with van der Waals surface area (Å²) in [6.45, 7) is 0. The van der Waals surface area contributed by atoms with Crippen LogP contribution in [0.5, 0.6) is 0 Å². The molecule has 0 bridgehead atoms. The first kappa shape index (κ1) is 29.5. The molecule has 0 saturated heterocycles. The van der Waals surface area contributed by atoms with Gasteiger partial charge in [-0.3, -0.25) is 4.98 Å².